The van der Waals surface area contributed by atoms with Crippen molar-refractivity contribution in [3.05, 3.63) is 103 Å². The predicted octanol–water partition coefficient (Wildman–Crippen LogP) is 7.15. The van der Waals surface area contributed by atoms with Crippen molar-refractivity contribution in [1.82, 2.24) is 4.98 Å². The molecular weight excluding hydrogens is 454 g/mol. The maximum absolute atomic E-state index is 12.8. The number of pyridine rings is 1. The lowest BCUT2D eigenvalue weighted by Crippen LogP contribution is -2.12. The van der Waals surface area contributed by atoms with Gasteiger partial charge in [0.1, 0.15) is 17.4 Å². The van der Waals surface area contributed by atoms with Crippen LogP contribution in [0.4, 0.5) is 5.88 Å². The van der Waals surface area contributed by atoms with Crippen LogP contribution in [0.2, 0.25) is 0 Å². The van der Waals surface area contributed by atoms with Crippen LogP contribution in [0.1, 0.15) is 12.0 Å². The molecule has 0 unspecified atom stereocenters. The summed E-state index contributed by atoms with van der Waals surface area (Å²) in [5.74, 6) is 1.06. The second-order valence-corrected chi connectivity index (χ2v) is 8.96. The van der Waals surface area contributed by atoms with Gasteiger partial charge in [-0.1, -0.05) is 84.9 Å². The van der Waals surface area contributed by atoms with Crippen molar-refractivity contribution >= 4 is 34.5 Å². The number of thioether (sulfide) groups is 1. The molecule has 0 bridgehead atoms. The third kappa shape index (κ3) is 4.96. The maximum Gasteiger partial charge on any atom is 0.227 e. The van der Waals surface area contributed by atoms with Crippen LogP contribution in [0, 0.1) is 11.3 Å². The van der Waals surface area contributed by atoms with Gasteiger partial charge in [-0.05, 0) is 17.7 Å². The van der Waals surface area contributed by atoms with Crippen LogP contribution in [0.5, 0.6) is 0 Å². The maximum atomic E-state index is 12.8. The Labute approximate surface area is 207 Å². The fourth-order valence-electron chi connectivity index (χ4n) is 3.86. The highest BCUT2D eigenvalue weighted by Crippen LogP contribution is 2.41. The number of aromatic nitrogens is 1. The molecule has 1 amide bonds. The van der Waals surface area contributed by atoms with Crippen LogP contribution >= 0.6 is 11.8 Å². The molecule has 3 aromatic carbocycles. The van der Waals surface area contributed by atoms with E-state index in [9.17, 15) is 10.1 Å². The Morgan fingerprint density at radius 3 is 2.31 bits per heavy atom. The van der Waals surface area contributed by atoms with Crippen molar-refractivity contribution in [3.8, 4) is 28.5 Å². The Hall–Kier alpha value is -4.34. The van der Waals surface area contributed by atoms with Crippen molar-refractivity contribution in [2.24, 2.45) is 0 Å². The highest BCUT2D eigenvalue weighted by molar-refractivity contribution is 7.99. The monoisotopic (exact) mass is 475 g/mol. The number of carbonyl (C=O) groups is 1. The van der Waals surface area contributed by atoms with Crippen molar-refractivity contribution in [2.45, 2.75) is 11.4 Å². The molecule has 170 valence electrons. The van der Waals surface area contributed by atoms with Gasteiger partial charge < -0.3 is 4.42 Å². The van der Waals surface area contributed by atoms with Crippen LogP contribution < -0.4 is 5.32 Å². The number of nitrogens with zero attached hydrogens (tertiary/aromatic N) is 2. The molecule has 0 aliphatic heterocycles. The van der Waals surface area contributed by atoms with Gasteiger partial charge in [0.15, 0.2) is 0 Å². The number of furan rings is 1. The SMILES string of the molecule is N#Cc1c(NC(=O)CCSc2ccc3ccccc3n2)oc(-c2ccccc2)c1-c1ccccc1. The number of benzene rings is 3. The topological polar surface area (TPSA) is 78.9 Å². The largest absolute Gasteiger partial charge is 0.438 e. The van der Waals surface area contributed by atoms with E-state index in [1.165, 1.54) is 11.8 Å². The predicted molar refractivity (Wildman–Crippen MR) is 140 cm³/mol. The molecule has 5 rings (SSSR count). The Balaban J connectivity index is 1.35. The van der Waals surface area contributed by atoms with Crippen LogP contribution in [-0.4, -0.2) is 16.6 Å². The normalized spacial score (nSPS) is 10.7. The summed E-state index contributed by atoms with van der Waals surface area (Å²) in [5, 5.41) is 14.7. The summed E-state index contributed by atoms with van der Waals surface area (Å²) in [4.78, 5) is 17.4. The average molecular weight is 476 g/mol. The lowest BCUT2D eigenvalue weighted by molar-refractivity contribution is -0.115. The first-order valence-corrected chi connectivity index (χ1v) is 12.2. The Bertz CT molecular complexity index is 1520. The van der Waals surface area contributed by atoms with E-state index in [1.54, 1.807) is 0 Å². The highest BCUT2D eigenvalue weighted by Gasteiger charge is 2.24. The summed E-state index contributed by atoms with van der Waals surface area (Å²) in [5.41, 5.74) is 3.60. The fraction of sp³-hybridized carbons (Fsp3) is 0.0690. The molecule has 5 nitrogen and oxygen atoms in total. The number of nitrogens with one attached hydrogen (secondary N) is 1. The number of fused-ring (bicyclic) bond motifs is 1. The first kappa shape index (κ1) is 22.5. The molecule has 0 aliphatic rings. The Kier molecular flexibility index (Phi) is 6.60. The molecule has 0 saturated heterocycles. The van der Waals surface area contributed by atoms with Gasteiger partial charge in [-0.2, -0.15) is 5.26 Å². The third-order valence-electron chi connectivity index (χ3n) is 5.52. The van der Waals surface area contributed by atoms with Crippen molar-refractivity contribution in [2.75, 3.05) is 11.1 Å². The molecule has 2 aromatic heterocycles. The molecule has 5 aromatic rings. The van der Waals surface area contributed by atoms with E-state index in [0.717, 1.165) is 27.1 Å². The zero-order valence-corrected chi connectivity index (χ0v) is 19.6. The molecule has 0 fully saturated rings. The van der Waals surface area contributed by atoms with Gasteiger partial charge in [-0.3, -0.25) is 10.1 Å². The van der Waals surface area contributed by atoms with Crippen LogP contribution in [0.25, 0.3) is 33.4 Å². The number of amides is 1. The number of nitriles is 1. The standard InChI is InChI=1S/C29H21N3O2S/c30-19-23-27(21-10-3-1-4-11-21)28(22-12-5-2-6-13-22)34-29(23)32-25(33)17-18-35-26-16-15-20-9-7-8-14-24(20)31-26/h1-16H,17-18H2,(H,32,33). The summed E-state index contributed by atoms with van der Waals surface area (Å²) in [6.45, 7) is 0. The summed E-state index contributed by atoms with van der Waals surface area (Å²) >= 11 is 1.52. The van der Waals surface area contributed by atoms with Gasteiger partial charge in [0, 0.05) is 28.7 Å². The van der Waals surface area contributed by atoms with E-state index in [-0.39, 0.29) is 18.2 Å². The number of anilines is 1. The molecular formula is C29H21N3O2S. The number of rotatable bonds is 7. The average Bonchev–Trinajstić information content (AvgIpc) is 3.27. The van der Waals surface area contributed by atoms with Gasteiger partial charge in [-0.15, -0.1) is 11.8 Å². The van der Waals surface area contributed by atoms with Gasteiger partial charge in [0.25, 0.3) is 0 Å². The Morgan fingerprint density at radius 2 is 1.57 bits per heavy atom. The van der Waals surface area contributed by atoms with Gasteiger partial charge in [-0.25, -0.2) is 4.98 Å². The van der Waals surface area contributed by atoms with E-state index < -0.39 is 0 Å². The Morgan fingerprint density at radius 1 is 0.886 bits per heavy atom. The number of para-hydroxylation sites is 1. The summed E-state index contributed by atoms with van der Waals surface area (Å²) < 4.78 is 6.09. The van der Waals surface area contributed by atoms with Crippen LogP contribution in [-0.2, 0) is 4.79 Å². The summed E-state index contributed by atoms with van der Waals surface area (Å²) in [7, 11) is 0. The zero-order chi connectivity index (χ0) is 24.0. The molecule has 35 heavy (non-hydrogen) atoms. The first-order valence-electron chi connectivity index (χ1n) is 11.2. The molecule has 1 N–H and O–H groups in total. The number of carbonyl (C=O) groups excluding carboxylic acids is 1. The van der Waals surface area contributed by atoms with Crippen molar-refractivity contribution in [1.29, 1.82) is 5.26 Å². The van der Waals surface area contributed by atoms with Crippen molar-refractivity contribution < 1.29 is 9.21 Å². The van der Waals surface area contributed by atoms with Gasteiger partial charge in [0.2, 0.25) is 11.8 Å². The van der Waals surface area contributed by atoms with E-state index in [0.29, 0.717) is 22.6 Å². The smallest absolute Gasteiger partial charge is 0.227 e. The summed E-state index contributed by atoms with van der Waals surface area (Å²) in [6, 6.07) is 33.3. The summed E-state index contributed by atoms with van der Waals surface area (Å²) in [6.07, 6.45) is 0.256. The quantitative estimate of drug-likeness (QED) is 0.253. The minimum atomic E-state index is -0.220. The molecule has 6 heteroatoms. The minimum Gasteiger partial charge on any atom is -0.438 e. The van der Waals surface area contributed by atoms with E-state index in [4.69, 9.17) is 4.42 Å². The van der Waals surface area contributed by atoms with Crippen molar-refractivity contribution in [3.63, 3.8) is 0 Å². The first-order chi connectivity index (χ1) is 17.2. The van der Waals surface area contributed by atoms with E-state index >= 15 is 0 Å². The molecule has 0 spiro atoms. The van der Waals surface area contributed by atoms with Gasteiger partial charge >= 0.3 is 0 Å². The van der Waals surface area contributed by atoms with E-state index in [2.05, 4.69) is 16.4 Å². The second-order valence-electron chi connectivity index (χ2n) is 7.84. The fourth-order valence-corrected chi connectivity index (χ4v) is 4.69. The number of hydrogen-bond donors (Lipinski definition) is 1. The minimum absolute atomic E-state index is 0.170. The lowest BCUT2D eigenvalue weighted by atomic mass is 9.98. The van der Waals surface area contributed by atoms with Crippen LogP contribution in [0.15, 0.2) is 107 Å². The molecule has 0 saturated carbocycles. The molecule has 0 radical (unpaired) electrons. The third-order valence-corrected chi connectivity index (χ3v) is 6.45. The van der Waals surface area contributed by atoms with E-state index in [1.807, 2.05) is 97.1 Å². The number of hydrogen-bond acceptors (Lipinski definition) is 5. The highest BCUT2D eigenvalue weighted by atomic mass is 32.2. The second kappa shape index (κ2) is 10.3. The van der Waals surface area contributed by atoms with Gasteiger partial charge in [0.05, 0.1) is 10.5 Å². The lowest BCUT2D eigenvalue weighted by Gasteiger charge is -2.04. The molecule has 0 atom stereocenters. The molecule has 0 aliphatic carbocycles. The van der Waals surface area contributed by atoms with Crippen LogP contribution in [0.3, 0.4) is 0 Å². The molecule has 2 heterocycles. The zero-order valence-electron chi connectivity index (χ0n) is 18.8.